The van der Waals surface area contributed by atoms with Crippen molar-refractivity contribution in [3.8, 4) is 0 Å². The summed E-state index contributed by atoms with van der Waals surface area (Å²) in [5.41, 5.74) is 7.44. The van der Waals surface area contributed by atoms with Crippen molar-refractivity contribution in [3.05, 3.63) is 30.1 Å². The van der Waals surface area contributed by atoms with Crippen LogP contribution < -0.4 is 5.73 Å². The van der Waals surface area contributed by atoms with Crippen LogP contribution >= 0.6 is 0 Å². The molecule has 19 heavy (non-hydrogen) atoms. The van der Waals surface area contributed by atoms with Crippen LogP contribution in [0.5, 0.6) is 0 Å². The van der Waals surface area contributed by atoms with Gasteiger partial charge in [-0.25, -0.2) is 0 Å². The number of nitrogens with two attached hydrogens (primary N) is 1. The highest BCUT2D eigenvalue weighted by Crippen LogP contribution is 2.41. The van der Waals surface area contributed by atoms with Crippen LogP contribution in [-0.4, -0.2) is 28.5 Å². The first-order valence-electron chi connectivity index (χ1n) is 7.69. The van der Waals surface area contributed by atoms with E-state index < -0.39 is 0 Å². The van der Waals surface area contributed by atoms with Crippen LogP contribution in [0.25, 0.3) is 0 Å². The fourth-order valence-electron chi connectivity index (χ4n) is 4.13. The summed E-state index contributed by atoms with van der Waals surface area (Å²) >= 11 is 0. The largest absolute Gasteiger partial charge is 0.326 e. The van der Waals surface area contributed by atoms with Crippen LogP contribution in [0, 0.1) is 5.92 Å². The molecule has 0 radical (unpaired) electrons. The summed E-state index contributed by atoms with van der Waals surface area (Å²) in [6, 6.07) is 7.35. The number of nitrogens with zero attached hydrogens (tertiary/aromatic N) is 2. The van der Waals surface area contributed by atoms with Gasteiger partial charge in [-0.05, 0) is 57.2 Å². The first-order valence-corrected chi connectivity index (χ1v) is 7.69. The molecule has 4 unspecified atom stereocenters. The Morgan fingerprint density at radius 2 is 2.11 bits per heavy atom. The van der Waals surface area contributed by atoms with Crippen LogP contribution in [-0.2, 0) is 0 Å². The molecule has 2 aliphatic rings. The zero-order chi connectivity index (χ0) is 13.2. The maximum Gasteiger partial charge on any atom is 0.0673 e. The summed E-state index contributed by atoms with van der Waals surface area (Å²) < 4.78 is 0. The maximum atomic E-state index is 6.30. The summed E-state index contributed by atoms with van der Waals surface area (Å²) in [4.78, 5) is 7.23. The number of likely N-dealkylation sites (tertiary alicyclic amines) is 1. The van der Waals surface area contributed by atoms with E-state index in [1.807, 2.05) is 12.3 Å². The van der Waals surface area contributed by atoms with Crippen LogP contribution in [0.2, 0.25) is 0 Å². The van der Waals surface area contributed by atoms with Crippen molar-refractivity contribution in [2.75, 3.05) is 6.54 Å². The molecule has 1 aromatic rings. The van der Waals surface area contributed by atoms with Gasteiger partial charge >= 0.3 is 0 Å². The Morgan fingerprint density at radius 1 is 1.26 bits per heavy atom. The Labute approximate surface area is 116 Å². The third-order valence-corrected chi connectivity index (χ3v) is 4.88. The van der Waals surface area contributed by atoms with Gasteiger partial charge in [0, 0.05) is 18.3 Å². The second-order valence-corrected chi connectivity index (χ2v) is 6.20. The average molecular weight is 259 g/mol. The molecule has 1 aromatic heterocycles. The molecule has 2 N–H and O–H groups in total. The number of aromatic nitrogens is 1. The van der Waals surface area contributed by atoms with Gasteiger partial charge in [-0.2, -0.15) is 0 Å². The topological polar surface area (TPSA) is 42.1 Å². The lowest BCUT2D eigenvalue weighted by atomic mass is 9.89. The third-order valence-electron chi connectivity index (χ3n) is 4.88. The molecule has 3 rings (SSSR count). The van der Waals surface area contributed by atoms with E-state index in [2.05, 4.69) is 28.9 Å². The van der Waals surface area contributed by atoms with Gasteiger partial charge in [0.2, 0.25) is 0 Å². The molecule has 2 fully saturated rings. The summed E-state index contributed by atoms with van der Waals surface area (Å²) in [7, 11) is 0. The third kappa shape index (κ3) is 2.54. The van der Waals surface area contributed by atoms with E-state index in [1.54, 1.807) is 0 Å². The molecule has 0 amide bonds. The predicted molar refractivity (Wildman–Crippen MR) is 77.7 cm³/mol. The molecule has 4 atom stereocenters. The van der Waals surface area contributed by atoms with E-state index in [0.29, 0.717) is 0 Å². The lowest BCUT2D eigenvalue weighted by Gasteiger charge is -2.44. The predicted octanol–water partition coefficient (Wildman–Crippen LogP) is 2.73. The average Bonchev–Trinajstić information content (AvgIpc) is 2.89. The van der Waals surface area contributed by atoms with Crippen LogP contribution in [0.4, 0.5) is 0 Å². The van der Waals surface area contributed by atoms with E-state index in [9.17, 15) is 0 Å². The monoisotopic (exact) mass is 259 g/mol. The highest BCUT2D eigenvalue weighted by atomic mass is 15.2. The molecule has 3 heteroatoms. The lowest BCUT2D eigenvalue weighted by molar-refractivity contribution is 0.0552. The minimum atomic E-state index is 0.134. The highest BCUT2D eigenvalue weighted by Gasteiger charge is 2.39. The number of piperidine rings is 1. The Bertz CT molecular complexity index is 404. The minimum absolute atomic E-state index is 0.134. The number of hydrogen-bond acceptors (Lipinski definition) is 3. The fraction of sp³-hybridized carbons (Fsp3) is 0.688. The van der Waals surface area contributed by atoms with E-state index in [0.717, 1.165) is 17.7 Å². The Morgan fingerprint density at radius 3 is 2.84 bits per heavy atom. The van der Waals surface area contributed by atoms with Gasteiger partial charge in [-0.3, -0.25) is 9.88 Å². The second-order valence-electron chi connectivity index (χ2n) is 6.20. The first-order chi connectivity index (χ1) is 9.27. The Kier molecular flexibility index (Phi) is 3.85. The molecular weight excluding hydrogens is 234 g/mol. The molecule has 0 aromatic carbocycles. The molecule has 0 spiro atoms. The minimum Gasteiger partial charge on any atom is -0.326 e. The molecule has 1 saturated carbocycles. The van der Waals surface area contributed by atoms with Gasteiger partial charge in [0.05, 0.1) is 11.7 Å². The molecule has 1 saturated heterocycles. The smallest absolute Gasteiger partial charge is 0.0673 e. The maximum absolute atomic E-state index is 6.30. The number of pyridine rings is 1. The zero-order valence-corrected chi connectivity index (χ0v) is 11.8. The van der Waals surface area contributed by atoms with Crippen molar-refractivity contribution in [3.63, 3.8) is 0 Å². The van der Waals surface area contributed by atoms with Crippen molar-refractivity contribution in [2.24, 2.45) is 11.7 Å². The first kappa shape index (κ1) is 13.1. The summed E-state index contributed by atoms with van der Waals surface area (Å²) in [6.45, 7) is 3.31. The fourth-order valence-corrected chi connectivity index (χ4v) is 4.13. The van der Waals surface area contributed by atoms with E-state index >= 15 is 0 Å². The van der Waals surface area contributed by atoms with E-state index in [1.165, 1.54) is 38.6 Å². The van der Waals surface area contributed by atoms with Crippen LogP contribution in [0.15, 0.2) is 24.4 Å². The molecule has 104 valence electrons. The normalized spacial score (nSPS) is 30.8. The van der Waals surface area contributed by atoms with Crippen molar-refractivity contribution in [2.45, 2.75) is 57.2 Å². The summed E-state index contributed by atoms with van der Waals surface area (Å²) in [6.07, 6.45) is 8.77. The second kappa shape index (κ2) is 5.59. The van der Waals surface area contributed by atoms with Gasteiger partial charge in [0.25, 0.3) is 0 Å². The SMILES string of the molecule is CC(N)C(c1ccccn1)N1CCCC2CCCC21. The zero-order valence-electron chi connectivity index (χ0n) is 11.8. The summed E-state index contributed by atoms with van der Waals surface area (Å²) in [5.74, 6) is 0.902. The molecular formula is C16H25N3. The van der Waals surface area contributed by atoms with Crippen LogP contribution in [0.1, 0.15) is 50.8 Å². The molecule has 0 bridgehead atoms. The van der Waals surface area contributed by atoms with Crippen LogP contribution in [0.3, 0.4) is 0 Å². The van der Waals surface area contributed by atoms with Crippen molar-refractivity contribution < 1.29 is 0 Å². The molecule has 2 heterocycles. The van der Waals surface area contributed by atoms with Crippen molar-refractivity contribution >= 4 is 0 Å². The van der Waals surface area contributed by atoms with Gasteiger partial charge in [-0.15, -0.1) is 0 Å². The molecule has 1 aliphatic carbocycles. The van der Waals surface area contributed by atoms with Gasteiger partial charge in [0.1, 0.15) is 0 Å². The number of hydrogen-bond donors (Lipinski definition) is 1. The van der Waals surface area contributed by atoms with Crippen molar-refractivity contribution in [1.82, 2.24) is 9.88 Å². The van der Waals surface area contributed by atoms with E-state index in [-0.39, 0.29) is 12.1 Å². The molecule has 3 nitrogen and oxygen atoms in total. The molecule has 1 aliphatic heterocycles. The number of rotatable bonds is 3. The highest BCUT2D eigenvalue weighted by molar-refractivity contribution is 5.12. The van der Waals surface area contributed by atoms with E-state index in [4.69, 9.17) is 5.73 Å². The number of fused-ring (bicyclic) bond motifs is 1. The quantitative estimate of drug-likeness (QED) is 0.907. The Balaban J connectivity index is 1.87. The van der Waals surface area contributed by atoms with Crippen molar-refractivity contribution in [1.29, 1.82) is 0 Å². The summed E-state index contributed by atoms with van der Waals surface area (Å²) in [5, 5.41) is 0. The standard InChI is InChI=1S/C16H25N3/c1-12(17)16(14-8-2-3-10-18-14)19-11-5-7-13-6-4-9-15(13)19/h2-3,8,10,12-13,15-16H,4-7,9,11,17H2,1H3. The van der Waals surface area contributed by atoms with Gasteiger partial charge in [-0.1, -0.05) is 12.5 Å². The lowest BCUT2D eigenvalue weighted by Crippen LogP contribution is -2.49. The van der Waals surface area contributed by atoms with Gasteiger partial charge in [0.15, 0.2) is 0 Å². The van der Waals surface area contributed by atoms with Gasteiger partial charge < -0.3 is 5.73 Å². The Hall–Kier alpha value is -0.930.